The molecular formula is C22H23NO5. The molecule has 3 rings (SSSR count). The molecule has 2 aromatic carbocycles. The van der Waals surface area contributed by atoms with E-state index in [0.29, 0.717) is 31.3 Å². The summed E-state index contributed by atoms with van der Waals surface area (Å²) in [5, 5.41) is 2.79. The second-order valence-corrected chi connectivity index (χ2v) is 6.06. The molecule has 1 heterocycles. The predicted molar refractivity (Wildman–Crippen MR) is 106 cm³/mol. The summed E-state index contributed by atoms with van der Waals surface area (Å²) >= 11 is 0. The van der Waals surface area contributed by atoms with Crippen LogP contribution in [0.25, 0.3) is 11.1 Å². The summed E-state index contributed by atoms with van der Waals surface area (Å²) < 4.78 is 21.5. The Morgan fingerprint density at radius 2 is 1.75 bits per heavy atom. The summed E-state index contributed by atoms with van der Waals surface area (Å²) in [6.45, 7) is 1.34. The Bertz CT molecular complexity index is 904. The van der Waals surface area contributed by atoms with Gasteiger partial charge < -0.3 is 23.9 Å². The van der Waals surface area contributed by atoms with E-state index in [1.807, 2.05) is 48.5 Å². The summed E-state index contributed by atoms with van der Waals surface area (Å²) in [6, 6.07) is 17.1. The van der Waals surface area contributed by atoms with Gasteiger partial charge in [0.15, 0.2) is 17.3 Å². The third-order valence-corrected chi connectivity index (χ3v) is 4.18. The molecule has 0 spiro atoms. The highest BCUT2D eigenvalue weighted by atomic mass is 16.5. The second-order valence-electron chi connectivity index (χ2n) is 6.06. The molecule has 0 saturated carbocycles. The van der Waals surface area contributed by atoms with Gasteiger partial charge in [0.1, 0.15) is 0 Å². The van der Waals surface area contributed by atoms with Crippen molar-refractivity contribution < 1.29 is 23.4 Å². The number of ether oxygens (including phenoxy) is 3. The number of carbonyl (C=O) groups excluding carboxylic acids is 1. The number of nitrogens with one attached hydrogen (secondary N) is 1. The zero-order valence-corrected chi connectivity index (χ0v) is 15.9. The summed E-state index contributed by atoms with van der Waals surface area (Å²) in [5.41, 5.74) is 2.75. The maximum absolute atomic E-state index is 12.2. The summed E-state index contributed by atoms with van der Waals surface area (Å²) in [4.78, 5) is 12.2. The molecule has 0 aliphatic carbocycles. The number of benzene rings is 2. The van der Waals surface area contributed by atoms with Crippen LogP contribution in [-0.2, 0) is 11.3 Å². The van der Waals surface area contributed by atoms with Crippen molar-refractivity contribution in [2.75, 3.05) is 27.4 Å². The maximum atomic E-state index is 12.2. The molecule has 6 heteroatoms. The lowest BCUT2D eigenvalue weighted by atomic mass is 10.1. The Kier molecular flexibility index (Phi) is 6.70. The van der Waals surface area contributed by atoms with Crippen molar-refractivity contribution in [2.24, 2.45) is 0 Å². The van der Waals surface area contributed by atoms with E-state index in [4.69, 9.17) is 18.6 Å². The third-order valence-electron chi connectivity index (χ3n) is 4.18. The normalized spacial score (nSPS) is 10.5. The molecule has 0 aliphatic rings. The fourth-order valence-electron chi connectivity index (χ4n) is 2.71. The van der Waals surface area contributed by atoms with Crippen molar-refractivity contribution in [3.05, 3.63) is 72.2 Å². The number of amides is 1. The maximum Gasteiger partial charge on any atom is 0.287 e. The lowest BCUT2D eigenvalue weighted by molar-refractivity contribution is 0.0875. The van der Waals surface area contributed by atoms with Crippen molar-refractivity contribution in [1.82, 2.24) is 5.32 Å². The Labute approximate surface area is 164 Å². The van der Waals surface area contributed by atoms with Crippen LogP contribution < -0.4 is 14.8 Å². The predicted octanol–water partition coefficient (Wildman–Crippen LogP) is 3.91. The smallest absolute Gasteiger partial charge is 0.287 e. The fourth-order valence-corrected chi connectivity index (χ4v) is 2.71. The van der Waals surface area contributed by atoms with Crippen LogP contribution in [0.3, 0.4) is 0 Å². The Balaban J connectivity index is 1.51. The van der Waals surface area contributed by atoms with Crippen molar-refractivity contribution in [2.45, 2.75) is 6.61 Å². The van der Waals surface area contributed by atoms with E-state index in [1.165, 1.54) is 0 Å². The van der Waals surface area contributed by atoms with Gasteiger partial charge in [0, 0.05) is 12.1 Å². The highest BCUT2D eigenvalue weighted by molar-refractivity contribution is 5.92. The second kappa shape index (κ2) is 9.62. The average Bonchev–Trinajstić information content (AvgIpc) is 3.24. The van der Waals surface area contributed by atoms with E-state index in [0.717, 1.165) is 16.7 Å². The first-order valence-electron chi connectivity index (χ1n) is 8.92. The monoisotopic (exact) mass is 381 g/mol. The first-order valence-corrected chi connectivity index (χ1v) is 8.92. The zero-order valence-electron chi connectivity index (χ0n) is 15.9. The number of hydrogen-bond donors (Lipinski definition) is 1. The number of furan rings is 1. The molecule has 146 valence electrons. The van der Waals surface area contributed by atoms with E-state index in [1.54, 1.807) is 26.5 Å². The first-order chi connectivity index (χ1) is 13.7. The van der Waals surface area contributed by atoms with Crippen LogP contribution in [0.15, 0.2) is 65.3 Å². The van der Waals surface area contributed by atoms with E-state index in [-0.39, 0.29) is 11.7 Å². The standard InChI is InChI=1S/C22H23NO5/c1-25-19-9-8-17(12-20(19)26-2)18-13-21(28-15-18)22(24)23-10-11-27-14-16-6-4-3-5-7-16/h3-9,12-13,15H,10-11,14H2,1-2H3,(H,23,24). The Morgan fingerprint density at radius 1 is 0.964 bits per heavy atom. The van der Waals surface area contributed by atoms with E-state index < -0.39 is 0 Å². The van der Waals surface area contributed by atoms with Crippen LogP contribution in [0, 0.1) is 0 Å². The van der Waals surface area contributed by atoms with Gasteiger partial charge in [-0.3, -0.25) is 4.79 Å². The molecule has 0 radical (unpaired) electrons. The zero-order chi connectivity index (χ0) is 19.8. The molecule has 0 saturated heterocycles. The Morgan fingerprint density at radius 3 is 2.50 bits per heavy atom. The molecule has 0 aliphatic heterocycles. The summed E-state index contributed by atoms with van der Waals surface area (Å²) in [5.74, 6) is 1.22. The Hall–Kier alpha value is -3.25. The molecule has 3 aromatic rings. The highest BCUT2D eigenvalue weighted by Gasteiger charge is 2.13. The molecular weight excluding hydrogens is 358 g/mol. The molecule has 1 N–H and O–H groups in total. The van der Waals surface area contributed by atoms with Gasteiger partial charge in [0.2, 0.25) is 0 Å². The van der Waals surface area contributed by atoms with Crippen LogP contribution in [0.1, 0.15) is 16.1 Å². The van der Waals surface area contributed by atoms with Gasteiger partial charge >= 0.3 is 0 Å². The molecule has 0 fully saturated rings. The van der Waals surface area contributed by atoms with Gasteiger partial charge in [-0.1, -0.05) is 36.4 Å². The van der Waals surface area contributed by atoms with Crippen LogP contribution in [0.2, 0.25) is 0 Å². The minimum absolute atomic E-state index is 0.243. The first kappa shape index (κ1) is 19.5. The van der Waals surface area contributed by atoms with Gasteiger partial charge in [-0.2, -0.15) is 0 Å². The minimum atomic E-state index is -0.282. The number of rotatable bonds is 9. The highest BCUT2D eigenvalue weighted by Crippen LogP contribution is 2.32. The van der Waals surface area contributed by atoms with E-state index in [2.05, 4.69) is 5.32 Å². The number of hydrogen-bond acceptors (Lipinski definition) is 5. The van der Waals surface area contributed by atoms with Gasteiger partial charge in [-0.25, -0.2) is 0 Å². The van der Waals surface area contributed by atoms with Crippen molar-refractivity contribution in [3.8, 4) is 22.6 Å². The largest absolute Gasteiger partial charge is 0.493 e. The van der Waals surface area contributed by atoms with Gasteiger partial charge in [0.25, 0.3) is 5.91 Å². The molecule has 0 unspecified atom stereocenters. The molecule has 1 aromatic heterocycles. The lowest BCUT2D eigenvalue weighted by Gasteiger charge is -2.08. The van der Waals surface area contributed by atoms with Crippen molar-refractivity contribution >= 4 is 5.91 Å². The average molecular weight is 381 g/mol. The fraction of sp³-hybridized carbons (Fsp3) is 0.227. The van der Waals surface area contributed by atoms with Crippen LogP contribution >= 0.6 is 0 Å². The minimum Gasteiger partial charge on any atom is -0.493 e. The summed E-state index contributed by atoms with van der Waals surface area (Å²) in [6.07, 6.45) is 1.54. The van der Waals surface area contributed by atoms with Crippen LogP contribution in [0.4, 0.5) is 0 Å². The molecule has 1 amide bonds. The van der Waals surface area contributed by atoms with Crippen molar-refractivity contribution in [1.29, 1.82) is 0 Å². The van der Waals surface area contributed by atoms with E-state index in [9.17, 15) is 4.79 Å². The quantitative estimate of drug-likeness (QED) is 0.569. The van der Waals surface area contributed by atoms with E-state index >= 15 is 0 Å². The number of carbonyl (C=O) groups is 1. The molecule has 28 heavy (non-hydrogen) atoms. The molecule has 6 nitrogen and oxygen atoms in total. The van der Waals surface area contributed by atoms with Crippen LogP contribution in [-0.4, -0.2) is 33.3 Å². The van der Waals surface area contributed by atoms with Gasteiger partial charge in [-0.15, -0.1) is 0 Å². The summed E-state index contributed by atoms with van der Waals surface area (Å²) in [7, 11) is 3.16. The lowest BCUT2D eigenvalue weighted by Crippen LogP contribution is -2.26. The topological polar surface area (TPSA) is 69.9 Å². The van der Waals surface area contributed by atoms with Gasteiger partial charge in [0.05, 0.1) is 33.7 Å². The van der Waals surface area contributed by atoms with Crippen molar-refractivity contribution in [3.63, 3.8) is 0 Å². The molecule has 0 bridgehead atoms. The van der Waals surface area contributed by atoms with Gasteiger partial charge in [-0.05, 0) is 29.3 Å². The number of methoxy groups -OCH3 is 2. The van der Waals surface area contributed by atoms with Crippen LogP contribution in [0.5, 0.6) is 11.5 Å². The third kappa shape index (κ3) is 4.92. The molecule has 0 atom stereocenters. The SMILES string of the molecule is COc1ccc(-c2coc(C(=O)NCCOCc3ccccc3)c2)cc1OC.